The fourth-order valence-electron chi connectivity index (χ4n) is 8.73. The van der Waals surface area contributed by atoms with Crippen molar-refractivity contribution in [3.8, 4) is 44.5 Å². The molecule has 0 saturated carbocycles. The molecule has 0 bridgehead atoms. The molecule has 0 atom stereocenters. The standard InChI is InChI=1S/2C31H35.2CH3.Si.Zr/c2*1-8-21-19-28-26(22-9-13-24(14-10-22)30(2,3)4)17-18-27(29(28)20-21)23-11-15-25(16-12-23)31(5,6)7;;;;/h2*9-20H,8H2,1-7H3;2*1H3;;/q4*-1;;. The van der Waals surface area contributed by atoms with Gasteiger partial charge in [-0.15, -0.1) is 44.8 Å². The Balaban J connectivity index is 0.000000270. The molecular weight excluding hydrogens is 888 g/mol. The molecule has 8 rings (SSSR count). The molecule has 2 radical (unpaired) electrons. The summed E-state index contributed by atoms with van der Waals surface area (Å²) in [5.74, 6) is 0. The van der Waals surface area contributed by atoms with E-state index >= 15 is 0 Å². The third-order valence-electron chi connectivity index (χ3n) is 13.0. The van der Waals surface area contributed by atoms with Gasteiger partial charge in [0.2, 0.25) is 0 Å². The van der Waals surface area contributed by atoms with Crippen LogP contribution < -0.4 is 0 Å². The number of rotatable bonds is 6. The van der Waals surface area contributed by atoms with Crippen molar-refractivity contribution in [1.82, 2.24) is 0 Å². The van der Waals surface area contributed by atoms with Crippen LogP contribution in [0.4, 0.5) is 0 Å². The third-order valence-corrected chi connectivity index (χ3v) is 13.0. The number of aryl methyl sites for hydroxylation is 2. The van der Waals surface area contributed by atoms with Gasteiger partial charge in [0.1, 0.15) is 0 Å². The van der Waals surface area contributed by atoms with Crippen molar-refractivity contribution in [2.75, 3.05) is 0 Å². The first-order valence-electron chi connectivity index (χ1n) is 23.3. The fraction of sp³-hybridized carbons (Fsp3) is 0.312. The van der Waals surface area contributed by atoms with Crippen molar-refractivity contribution in [3.63, 3.8) is 0 Å². The van der Waals surface area contributed by atoms with Crippen molar-refractivity contribution in [3.05, 3.63) is 194 Å². The van der Waals surface area contributed by atoms with Crippen molar-refractivity contribution in [1.29, 1.82) is 0 Å². The predicted octanol–water partition coefficient (Wildman–Crippen LogP) is 18.6. The zero-order valence-electron chi connectivity index (χ0n) is 43.3. The Bertz CT molecular complexity index is 2410. The van der Waals surface area contributed by atoms with Gasteiger partial charge in [-0.1, -0.05) is 252 Å². The van der Waals surface area contributed by atoms with Gasteiger partial charge in [-0.25, -0.2) is 0 Å². The molecular formula is C64H76SiZr-4. The van der Waals surface area contributed by atoms with Gasteiger partial charge in [0.15, 0.2) is 0 Å². The van der Waals surface area contributed by atoms with Crippen LogP contribution in [0.25, 0.3) is 66.1 Å². The van der Waals surface area contributed by atoms with Crippen molar-refractivity contribution in [2.24, 2.45) is 0 Å². The van der Waals surface area contributed by atoms with Crippen LogP contribution in [-0.2, 0) is 57.8 Å². The van der Waals surface area contributed by atoms with Gasteiger partial charge >= 0.3 is 30.2 Å². The quantitative estimate of drug-likeness (QED) is 0.115. The summed E-state index contributed by atoms with van der Waals surface area (Å²) in [4.78, 5) is 0. The Labute approximate surface area is 418 Å². The fourth-order valence-corrected chi connectivity index (χ4v) is 8.73. The summed E-state index contributed by atoms with van der Waals surface area (Å²) < 4.78 is 0. The van der Waals surface area contributed by atoms with Gasteiger partial charge in [0.05, 0.1) is 0 Å². The molecule has 0 aromatic heterocycles. The summed E-state index contributed by atoms with van der Waals surface area (Å²) in [5.41, 5.74) is 19.5. The molecule has 8 aromatic rings. The van der Waals surface area contributed by atoms with Gasteiger partial charge in [-0.05, 0) is 67.9 Å². The van der Waals surface area contributed by atoms with Crippen molar-refractivity contribution in [2.45, 2.75) is 131 Å². The molecule has 8 aromatic carbocycles. The SMILES string of the molecule is CCc1cc2c(-c3ccc(C(C)(C)C)cc3)ccc(-c3ccc(C(C)(C)C)cc3)c2[cH-]1.CCc1cc2c(-c3ccc(C(C)(C)C)cc3)ccc(-c3ccc(C(C)(C)C)cc3)c2[cH-]1.[CH3-].[CH3-].[Si]=[Zr]. The molecule has 344 valence electrons. The summed E-state index contributed by atoms with van der Waals surface area (Å²) in [6.45, 7) is 34.8. The van der Waals surface area contributed by atoms with Crippen LogP contribution in [0, 0.1) is 14.9 Å². The molecule has 2 heteroatoms. The van der Waals surface area contributed by atoms with E-state index in [-0.39, 0.29) is 36.5 Å². The zero-order chi connectivity index (χ0) is 46.8. The van der Waals surface area contributed by atoms with E-state index in [2.05, 4.69) is 249 Å². The van der Waals surface area contributed by atoms with Gasteiger partial charge in [0.25, 0.3) is 0 Å². The van der Waals surface area contributed by atoms with Crippen LogP contribution in [-0.4, -0.2) is 6.88 Å². The minimum atomic E-state index is 0. The van der Waals surface area contributed by atoms with Crippen LogP contribution in [0.5, 0.6) is 0 Å². The second kappa shape index (κ2) is 21.7. The van der Waals surface area contributed by atoms with E-state index in [1.54, 1.807) is 0 Å². The molecule has 0 fully saturated rings. The Hall–Kier alpha value is -4.36. The van der Waals surface area contributed by atoms with Gasteiger partial charge < -0.3 is 14.9 Å². The van der Waals surface area contributed by atoms with E-state index in [1.807, 2.05) is 0 Å². The molecule has 0 nitrogen and oxygen atoms in total. The Kier molecular flexibility index (Phi) is 17.9. The van der Waals surface area contributed by atoms with E-state index in [0.29, 0.717) is 0 Å². The minimum absolute atomic E-state index is 0. The molecule has 0 N–H and O–H groups in total. The predicted molar refractivity (Wildman–Crippen MR) is 293 cm³/mol. The summed E-state index contributed by atoms with van der Waals surface area (Å²) in [6, 6.07) is 55.3. The maximum atomic E-state index is 3.06. The van der Waals surface area contributed by atoms with Crippen molar-refractivity contribution < 1.29 is 23.3 Å². The summed E-state index contributed by atoms with van der Waals surface area (Å²) >= 11 is 1.36. The van der Waals surface area contributed by atoms with Crippen LogP contribution >= 0.6 is 0 Å². The molecule has 0 heterocycles. The van der Waals surface area contributed by atoms with E-state index in [9.17, 15) is 0 Å². The van der Waals surface area contributed by atoms with Crippen LogP contribution in [0.3, 0.4) is 0 Å². The first-order valence-corrected chi connectivity index (χ1v) is 27.5. The Morgan fingerprint density at radius 3 is 0.773 bits per heavy atom. The normalized spacial score (nSPS) is 11.8. The first kappa shape index (κ1) is 54.2. The number of hydrogen-bond donors (Lipinski definition) is 0. The van der Waals surface area contributed by atoms with E-state index in [4.69, 9.17) is 0 Å². The maximum absolute atomic E-state index is 3.06. The van der Waals surface area contributed by atoms with E-state index < -0.39 is 0 Å². The van der Waals surface area contributed by atoms with Crippen molar-refractivity contribution >= 4 is 28.4 Å². The average Bonchev–Trinajstić information content (AvgIpc) is 3.91. The molecule has 0 aliphatic rings. The van der Waals surface area contributed by atoms with Crippen LogP contribution in [0.15, 0.2) is 146 Å². The average molecular weight is 965 g/mol. The Morgan fingerprint density at radius 2 is 0.561 bits per heavy atom. The van der Waals surface area contributed by atoms with Gasteiger partial charge in [0, 0.05) is 0 Å². The molecule has 0 spiro atoms. The Morgan fingerprint density at radius 1 is 0.348 bits per heavy atom. The summed E-state index contributed by atoms with van der Waals surface area (Å²) in [5, 5.41) is 5.44. The number of hydrogen-bond acceptors (Lipinski definition) is 0. The molecule has 0 aliphatic carbocycles. The summed E-state index contributed by atoms with van der Waals surface area (Å²) in [7, 11) is 0. The van der Waals surface area contributed by atoms with Gasteiger partial charge in [-0.2, -0.15) is 12.1 Å². The first-order chi connectivity index (χ1) is 30.1. The topological polar surface area (TPSA) is 0 Å². The monoisotopic (exact) mass is 962 g/mol. The third kappa shape index (κ3) is 12.2. The van der Waals surface area contributed by atoms with Gasteiger partial charge in [-0.3, -0.25) is 0 Å². The second-order valence-electron chi connectivity index (χ2n) is 21.7. The number of benzene rings is 6. The molecule has 0 aliphatic heterocycles. The second-order valence-corrected chi connectivity index (χ2v) is 21.7. The number of fused-ring (bicyclic) bond motifs is 2. The molecule has 0 saturated heterocycles. The van der Waals surface area contributed by atoms with E-state index in [0.717, 1.165) is 12.8 Å². The van der Waals surface area contributed by atoms with E-state index in [1.165, 1.54) is 123 Å². The van der Waals surface area contributed by atoms with Crippen LogP contribution in [0.2, 0.25) is 0 Å². The molecule has 0 unspecified atom stereocenters. The molecule has 0 amide bonds. The van der Waals surface area contributed by atoms with Crippen LogP contribution in [0.1, 0.15) is 130 Å². The zero-order valence-corrected chi connectivity index (χ0v) is 46.7. The molecule has 66 heavy (non-hydrogen) atoms. The summed E-state index contributed by atoms with van der Waals surface area (Å²) in [6.07, 6.45) is 2.11.